The molecule has 0 radical (unpaired) electrons. The number of ketones is 1. The van der Waals surface area contributed by atoms with Crippen molar-refractivity contribution in [3.8, 4) is 0 Å². The van der Waals surface area contributed by atoms with Crippen LogP contribution in [-0.4, -0.2) is 48.9 Å². The van der Waals surface area contributed by atoms with Gasteiger partial charge in [-0.05, 0) is 43.9 Å². The van der Waals surface area contributed by atoms with E-state index in [2.05, 4.69) is 0 Å². The number of hydrogen-bond donors (Lipinski definition) is 0. The molecule has 0 atom stereocenters. The molecule has 1 heterocycles. The first-order valence-electron chi connectivity index (χ1n) is 9.81. The van der Waals surface area contributed by atoms with Gasteiger partial charge in [0, 0.05) is 25.2 Å². The van der Waals surface area contributed by atoms with Gasteiger partial charge in [0.2, 0.25) is 15.9 Å². The fourth-order valence-electron chi connectivity index (χ4n) is 3.42. The van der Waals surface area contributed by atoms with Crippen LogP contribution < -0.4 is 0 Å². The van der Waals surface area contributed by atoms with Gasteiger partial charge in [-0.25, -0.2) is 8.42 Å². The Kier molecular flexibility index (Phi) is 6.82. The van der Waals surface area contributed by atoms with Crippen LogP contribution >= 0.6 is 0 Å². The van der Waals surface area contributed by atoms with Gasteiger partial charge in [-0.2, -0.15) is 4.31 Å². The van der Waals surface area contributed by atoms with Crippen molar-refractivity contribution in [2.24, 2.45) is 0 Å². The fraction of sp³-hybridized carbons (Fsp3) is 0.364. The SMILES string of the molecule is CC(=O)c1ccc(S(=O)(=O)N(CC(=O)N2CCCCC2)Cc2ccccc2)cc1. The second-order valence-electron chi connectivity index (χ2n) is 7.28. The molecule has 2 aromatic rings. The Hall–Kier alpha value is -2.51. The first-order chi connectivity index (χ1) is 13.9. The number of benzene rings is 2. The van der Waals surface area contributed by atoms with Crippen LogP contribution in [0.3, 0.4) is 0 Å². The molecule has 7 heteroatoms. The highest BCUT2D eigenvalue weighted by Gasteiger charge is 2.29. The summed E-state index contributed by atoms with van der Waals surface area (Å²) in [4.78, 5) is 26.1. The van der Waals surface area contributed by atoms with Crippen molar-refractivity contribution in [1.82, 2.24) is 9.21 Å². The molecule has 0 bridgehead atoms. The maximum Gasteiger partial charge on any atom is 0.243 e. The van der Waals surface area contributed by atoms with Crippen LogP contribution in [0.15, 0.2) is 59.5 Å². The second-order valence-corrected chi connectivity index (χ2v) is 9.22. The van der Waals surface area contributed by atoms with Gasteiger partial charge in [0.05, 0.1) is 11.4 Å². The van der Waals surface area contributed by atoms with E-state index in [4.69, 9.17) is 0 Å². The number of sulfonamides is 1. The van der Waals surface area contributed by atoms with Crippen molar-refractivity contribution in [3.05, 3.63) is 65.7 Å². The number of piperidine rings is 1. The molecule has 1 amide bonds. The predicted molar refractivity (Wildman–Crippen MR) is 111 cm³/mol. The third-order valence-corrected chi connectivity index (χ3v) is 6.93. The molecule has 6 nitrogen and oxygen atoms in total. The van der Waals surface area contributed by atoms with Gasteiger partial charge in [-0.3, -0.25) is 9.59 Å². The van der Waals surface area contributed by atoms with Crippen LogP contribution in [0.2, 0.25) is 0 Å². The third kappa shape index (κ3) is 5.31. The number of nitrogens with zero attached hydrogens (tertiary/aromatic N) is 2. The summed E-state index contributed by atoms with van der Waals surface area (Å²) < 4.78 is 27.8. The molecule has 0 unspecified atom stereocenters. The van der Waals surface area contributed by atoms with Crippen LogP contribution in [0.25, 0.3) is 0 Å². The molecule has 1 fully saturated rings. The maximum absolute atomic E-state index is 13.3. The van der Waals surface area contributed by atoms with Crippen molar-refractivity contribution < 1.29 is 18.0 Å². The summed E-state index contributed by atoms with van der Waals surface area (Å²) in [6.45, 7) is 2.68. The van der Waals surface area contributed by atoms with Crippen LogP contribution in [0.4, 0.5) is 0 Å². The first kappa shape index (κ1) is 21.2. The quantitative estimate of drug-likeness (QED) is 0.653. The zero-order chi connectivity index (χ0) is 20.9. The molecule has 2 aromatic carbocycles. The van der Waals surface area contributed by atoms with Gasteiger partial charge in [-0.15, -0.1) is 0 Å². The van der Waals surface area contributed by atoms with E-state index < -0.39 is 10.0 Å². The largest absolute Gasteiger partial charge is 0.342 e. The summed E-state index contributed by atoms with van der Waals surface area (Å²) in [5, 5.41) is 0. The Bertz CT molecular complexity index is 950. The van der Waals surface area contributed by atoms with E-state index in [1.807, 2.05) is 30.3 Å². The summed E-state index contributed by atoms with van der Waals surface area (Å²) in [5.74, 6) is -0.306. The van der Waals surface area contributed by atoms with E-state index in [1.165, 1.54) is 35.5 Å². The number of carbonyl (C=O) groups is 2. The van der Waals surface area contributed by atoms with E-state index in [0.717, 1.165) is 24.8 Å². The van der Waals surface area contributed by atoms with Gasteiger partial charge < -0.3 is 4.90 Å². The molecule has 0 spiro atoms. The maximum atomic E-state index is 13.3. The average molecular weight is 415 g/mol. The van der Waals surface area contributed by atoms with Crippen molar-refractivity contribution in [3.63, 3.8) is 0 Å². The van der Waals surface area contributed by atoms with Gasteiger partial charge >= 0.3 is 0 Å². The molecular formula is C22H26N2O4S. The second kappa shape index (κ2) is 9.33. The number of Topliss-reactive ketones (excluding diaryl/α,β-unsaturated/α-hetero) is 1. The lowest BCUT2D eigenvalue weighted by Crippen LogP contribution is -2.44. The zero-order valence-electron chi connectivity index (χ0n) is 16.6. The normalized spacial score (nSPS) is 14.8. The number of carbonyl (C=O) groups excluding carboxylic acids is 2. The van der Waals surface area contributed by atoms with Crippen LogP contribution in [0, 0.1) is 0 Å². The number of rotatable bonds is 7. The van der Waals surface area contributed by atoms with Crippen molar-refractivity contribution in [1.29, 1.82) is 0 Å². The number of likely N-dealkylation sites (tertiary alicyclic amines) is 1. The summed E-state index contributed by atoms with van der Waals surface area (Å²) in [5.41, 5.74) is 1.26. The molecule has 1 saturated heterocycles. The Morgan fingerprint density at radius 1 is 0.931 bits per heavy atom. The highest BCUT2D eigenvalue weighted by Crippen LogP contribution is 2.20. The monoisotopic (exact) mass is 414 g/mol. The molecule has 1 aliphatic heterocycles. The number of hydrogen-bond acceptors (Lipinski definition) is 4. The van der Waals surface area contributed by atoms with Crippen molar-refractivity contribution >= 4 is 21.7 Å². The van der Waals surface area contributed by atoms with Gasteiger partial charge in [0.15, 0.2) is 5.78 Å². The van der Waals surface area contributed by atoms with Crippen molar-refractivity contribution in [2.75, 3.05) is 19.6 Å². The fourth-order valence-corrected chi connectivity index (χ4v) is 4.80. The summed E-state index contributed by atoms with van der Waals surface area (Å²) in [6.07, 6.45) is 2.99. The molecule has 3 rings (SSSR count). The van der Waals surface area contributed by atoms with Gasteiger partial charge in [0.1, 0.15) is 0 Å². The third-order valence-electron chi connectivity index (χ3n) is 5.12. The number of amides is 1. The zero-order valence-corrected chi connectivity index (χ0v) is 17.4. The molecule has 0 saturated carbocycles. The lowest BCUT2D eigenvalue weighted by Gasteiger charge is -2.29. The lowest BCUT2D eigenvalue weighted by atomic mass is 10.1. The first-order valence-corrected chi connectivity index (χ1v) is 11.2. The Balaban J connectivity index is 1.87. The Morgan fingerprint density at radius 2 is 1.55 bits per heavy atom. The topological polar surface area (TPSA) is 74.8 Å². The lowest BCUT2D eigenvalue weighted by molar-refractivity contribution is -0.132. The molecule has 0 N–H and O–H groups in total. The minimum atomic E-state index is -3.90. The van der Waals surface area contributed by atoms with Crippen LogP contribution in [0.5, 0.6) is 0 Å². The van der Waals surface area contributed by atoms with Gasteiger partial charge in [0.25, 0.3) is 0 Å². The van der Waals surface area contributed by atoms with E-state index in [1.54, 1.807) is 4.90 Å². The predicted octanol–water partition coefficient (Wildman–Crippen LogP) is 3.09. The Morgan fingerprint density at radius 3 is 2.14 bits per heavy atom. The molecule has 29 heavy (non-hydrogen) atoms. The minimum Gasteiger partial charge on any atom is -0.342 e. The molecule has 0 aromatic heterocycles. The Labute approximate surface area is 172 Å². The summed E-state index contributed by atoms with van der Waals surface area (Å²) in [7, 11) is -3.90. The molecule has 1 aliphatic rings. The average Bonchev–Trinajstić information content (AvgIpc) is 2.74. The van der Waals surface area contributed by atoms with E-state index in [-0.39, 0.29) is 29.7 Å². The smallest absolute Gasteiger partial charge is 0.243 e. The molecule has 0 aliphatic carbocycles. The van der Waals surface area contributed by atoms with Crippen LogP contribution in [0.1, 0.15) is 42.1 Å². The van der Waals surface area contributed by atoms with E-state index >= 15 is 0 Å². The van der Waals surface area contributed by atoms with Crippen molar-refractivity contribution in [2.45, 2.75) is 37.6 Å². The standard InChI is InChI=1S/C22H26N2O4S/c1-18(25)20-10-12-21(13-11-20)29(27,28)24(16-19-8-4-2-5-9-19)17-22(26)23-14-6-3-7-15-23/h2,4-5,8-13H,3,6-7,14-17H2,1H3. The van der Waals surface area contributed by atoms with E-state index in [0.29, 0.717) is 18.7 Å². The summed E-state index contributed by atoms with van der Waals surface area (Å²) in [6, 6.07) is 15.1. The highest BCUT2D eigenvalue weighted by molar-refractivity contribution is 7.89. The summed E-state index contributed by atoms with van der Waals surface area (Å²) >= 11 is 0. The van der Waals surface area contributed by atoms with Gasteiger partial charge in [-0.1, -0.05) is 42.5 Å². The molecule has 154 valence electrons. The molecular weight excluding hydrogens is 388 g/mol. The van der Waals surface area contributed by atoms with Crippen LogP contribution in [-0.2, 0) is 21.4 Å². The highest BCUT2D eigenvalue weighted by atomic mass is 32.2. The van der Waals surface area contributed by atoms with E-state index in [9.17, 15) is 18.0 Å². The minimum absolute atomic E-state index is 0.0740.